The molecule has 3 nitrogen and oxygen atoms in total. The zero-order valence-corrected chi connectivity index (χ0v) is 10.9. The molecule has 0 unspecified atom stereocenters. The van der Waals surface area contributed by atoms with Crippen LogP contribution in [-0.4, -0.2) is 17.1 Å². The molecule has 0 aliphatic heterocycles. The van der Waals surface area contributed by atoms with Crippen molar-refractivity contribution in [1.29, 1.82) is 0 Å². The molecule has 1 aromatic rings. The Hall–Kier alpha value is -0.870. The van der Waals surface area contributed by atoms with Crippen molar-refractivity contribution in [3.05, 3.63) is 21.9 Å². The Morgan fingerprint density at radius 3 is 2.82 bits per heavy atom. The summed E-state index contributed by atoms with van der Waals surface area (Å²) >= 11 is 1.31. The number of carboxylic acid groups (broad SMARTS) is 1. The van der Waals surface area contributed by atoms with Crippen LogP contribution in [0, 0.1) is 5.92 Å². The molecule has 1 aromatic heterocycles. The van der Waals surface area contributed by atoms with Crippen molar-refractivity contribution in [2.45, 2.75) is 45.2 Å². The van der Waals surface area contributed by atoms with Crippen LogP contribution in [0.25, 0.3) is 0 Å². The Kier molecular flexibility index (Phi) is 4.18. The number of nitrogens with one attached hydrogen (secondary N) is 1. The highest BCUT2D eigenvalue weighted by Crippen LogP contribution is 2.24. The first kappa shape index (κ1) is 12.6. The second-order valence-electron chi connectivity index (χ2n) is 4.92. The van der Waals surface area contributed by atoms with Gasteiger partial charge in [-0.3, -0.25) is 0 Å². The fourth-order valence-electron chi connectivity index (χ4n) is 2.38. The van der Waals surface area contributed by atoms with E-state index in [1.165, 1.54) is 37.0 Å². The summed E-state index contributed by atoms with van der Waals surface area (Å²) in [5.41, 5.74) is 0.918. The molecule has 4 heteroatoms. The highest BCUT2D eigenvalue weighted by Gasteiger charge is 2.18. The molecule has 0 aromatic carbocycles. The lowest BCUT2D eigenvalue weighted by atomic mass is 9.87. The summed E-state index contributed by atoms with van der Waals surface area (Å²) in [7, 11) is 0. The third kappa shape index (κ3) is 3.30. The van der Waals surface area contributed by atoms with Crippen LogP contribution in [0.1, 0.15) is 47.8 Å². The molecule has 1 saturated carbocycles. The van der Waals surface area contributed by atoms with Gasteiger partial charge in [0, 0.05) is 12.6 Å². The molecular formula is C13H19NO2S. The van der Waals surface area contributed by atoms with E-state index in [1.807, 2.05) is 11.4 Å². The van der Waals surface area contributed by atoms with Gasteiger partial charge < -0.3 is 10.4 Å². The maximum absolute atomic E-state index is 11.0. The number of carbonyl (C=O) groups is 1. The van der Waals surface area contributed by atoms with Crippen molar-refractivity contribution in [1.82, 2.24) is 5.32 Å². The Morgan fingerprint density at radius 2 is 2.18 bits per heavy atom. The fourth-order valence-corrected chi connectivity index (χ4v) is 3.14. The zero-order chi connectivity index (χ0) is 12.3. The van der Waals surface area contributed by atoms with Gasteiger partial charge in [0.2, 0.25) is 0 Å². The summed E-state index contributed by atoms with van der Waals surface area (Å²) in [6.45, 7) is 2.99. The summed E-state index contributed by atoms with van der Waals surface area (Å²) in [4.78, 5) is 11.4. The standard InChI is InChI=1S/C13H19NO2S/c1-9-2-4-11(5-3-9)14-8-10-6-7-17-12(10)13(15)16/h6-7,9,11,14H,2-5,8H2,1H3,(H,15,16). The third-order valence-corrected chi connectivity index (χ3v) is 4.48. The van der Waals surface area contributed by atoms with Gasteiger partial charge in [0.25, 0.3) is 0 Å². The molecule has 0 bridgehead atoms. The predicted octanol–water partition coefficient (Wildman–Crippen LogP) is 3.11. The van der Waals surface area contributed by atoms with E-state index in [2.05, 4.69) is 12.2 Å². The van der Waals surface area contributed by atoms with E-state index in [0.717, 1.165) is 11.5 Å². The van der Waals surface area contributed by atoms with Crippen molar-refractivity contribution < 1.29 is 9.90 Å². The summed E-state index contributed by atoms with van der Waals surface area (Å²) in [6, 6.07) is 2.47. The Bertz CT molecular complexity index is 381. The average molecular weight is 253 g/mol. The molecule has 0 spiro atoms. The van der Waals surface area contributed by atoms with Crippen LogP contribution < -0.4 is 5.32 Å². The number of hydrogen-bond donors (Lipinski definition) is 2. The third-order valence-electron chi connectivity index (χ3n) is 3.54. The quantitative estimate of drug-likeness (QED) is 0.866. The second-order valence-corrected chi connectivity index (χ2v) is 5.83. The molecule has 94 valence electrons. The second kappa shape index (κ2) is 5.65. The van der Waals surface area contributed by atoms with E-state index < -0.39 is 5.97 Å². The topological polar surface area (TPSA) is 49.3 Å². The van der Waals surface area contributed by atoms with Crippen LogP contribution in [0.2, 0.25) is 0 Å². The summed E-state index contributed by atoms with van der Waals surface area (Å²) in [5, 5.41) is 14.3. The van der Waals surface area contributed by atoms with Crippen LogP contribution in [0.15, 0.2) is 11.4 Å². The molecule has 1 heterocycles. The van der Waals surface area contributed by atoms with Crippen LogP contribution in [0.5, 0.6) is 0 Å². The average Bonchev–Trinajstić information content (AvgIpc) is 2.76. The molecule has 1 fully saturated rings. The number of thiophene rings is 1. The highest BCUT2D eigenvalue weighted by atomic mass is 32.1. The van der Waals surface area contributed by atoms with Crippen molar-refractivity contribution >= 4 is 17.3 Å². The Balaban J connectivity index is 1.85. The number of rotatable bonds is 4. The monoisotopic (exact) mass is 253 g/mol. The van der Waals surface area contributed by atoms with Gasteiger partial charge >= 0.3 is 5.97 Å². The van der Waals surface area contributed by atoms with Crippen LogP contribution in [0.4, 0.5) is 0 Å². The van der Waals surface area contributed by atoms with Crippen LogP contribution in [-0.2, 0) is 6.54 Å². The molecule has 2 N–H and O–H groups in total. The summed E-state index contributed by atoms with van der Waals surface area (Å²) < 4.78 is 0. The molecule has 1 aliphatic rings. The predicted molar refractivity (Wildman–Crippen MR) is 69.5 cm³/mol. The first-order chi connectivity index (χ1) is 8.16. The van der Waals surface area contributed by atoms with Gasteiger partial charge in [-0.1, -0.05) is 6.92 Å². The van der Waals surface area contributed by atoms with E-state index in [-0.39, 0.29) is 0 Å². The fraction of sp³-hybridized carbons (Fsp3) is 0.615. The molecule has 17 heavy (non-hydrogen) atoms. The maximum atomic E-state index is 11.0. The van der Waals surface area contributed by atoms with Crippen LogP contribution >= 0.6 is 11.3 Å². The van der Waals surface area contributed by atoms with E-state index in [1.54, 1.807) is 0 Å². The van der Waals surface area contributed by atoms with Gasteiger partial charge in [0.1, 0.15) is 4.88 Å². The van der Waals surface area contributed by atoms with Crippen molar-refractivity contribution in [2.75, 3.05) is 0 Å². The molecule has 2 rings (SSSR count). The number of hydrogen-bond acceptors (Lipinski definition) is 3. The van der Waals surface area contributed by atoms with Crippen LogP contribution in [0.3, 0.4) is 0 Å². The lowest BCUT2D eigenvalue weighted by Gasteiger charge is -2.27. The molecule has 0 atom stereocenters. The Labute approximate surface area is 106 Å². The van der Waals surface area contributed by atoms with Crippen molar-refractivity contribution in [3.63, 3.8) is 0 Å². The van der Waals surface area contributed by atoms with Crippen molar-refractivity contribution in [2.24, 2.45) is 5.92 Å². The van der Waals surface area contributed by atoms with Gasteiger partial charge in [-0.15, -0.1) is 11.3 Å². The molecule has 0 amide bonds. The molecule has 1 aliphatic carbocycles. The minimum Gasteiger partial charge on any atom is -0.477 e. The number of aromatic carboxylic acids is 1. The molecular weight excluding hydrogens is 234 g/mol. The van der Waals surface area contributed by atoms with E-state index in [4.69, 9.17) is 5.11 Å². The molecule has 0 radical (unpaired) electrons. The highest BCUT2D eigenvalue weighted by molar-refractivity contribution is 7.12. The van der Waals surface area contributed by atoms with Gasteiger partial charge in [-0.05, 0) is 48.6 Å². The van der Waals surface area contributed by atoms with Gasteiger partial charge in [0.15, 0.2) is 0 Å². The lowest BCUT2D eigenvalue weighted by Crippen LogP contribution is -2.32. The minimum absolute atomic E-state index is 0.474. The van der Waals surface area contributed by atoms with Crippen molar-refractivity contribution in [3.8, 4) is 0 Å². The van der Waals surface area contributed by atoms with Gasteiger partial charge in [-0.25, -0.2) is 4.79 Å². The largest absolute Gasteiger partial charge is 0.477 e. The first-order valence-corrected chi connectivity index (χ1v) is 7.08. The summed E-state index contributed by atoms with van der Waals surface area (Å²) in [5.74, 6) is 0.0397. The molecule has 0 saturated heterocycles. The lowest BCUT2D eigenvalue weighted by molar-refractivity contribution is 0.0701. The smallest absolute Gasteiger partial charge is 0.346 e. The summed E-state index contributed by atoms with van der Waals surface area (Å²) in [6.07, 6.45) is 5.00. The van der Waals surface area contributed by atoms with Gasteiger partial charge in [0.05, 0.1) is 0 Å². The Morgan fingerprint density at radius 1 is 1.47 bits per heavy atom. The van der Waals surface area contributed by atoms with E-state index >= 15 is 0 Å². The van der Waals surface area contributed by atoms with Gasteiger partial charge in [-0.2, -0.15) is 0 Å². The number of carboxylic acids is 1. The van der Waals surface area contributed by atoms with E-state index in [9.17, 15) is 4.79 Å². The first-order valence-electron chi connectivity index (χ1n) is 6.20. The van der Waals surface area contributed by atoms with E-state index in [0.29, 0.717) is 17.5 Å². The zero-order valence-electron chi connectivity index (χ0n) is 10.1. The SMILES string of the molecule is CC1CCC(NCc2ccsc2C(=O)O)CC1. The normalized spacial score (nSPS) is 24.8. The maximum Gasteiger partial charge on any atom is 0.346 e. The minimum atomic E-state index is -0.811.